The summed E-state index contributed by atoms with van der Waals surface area (Å²) in [5.74, 6) is -0.871. The molecule has 0 spiro atoms. The van der Waals surface area contributed by atoms with E-state index < -0.39 is 27.7 Å². The number of aliphatic imine (C=N–C) groups is 1. The van der Waals surface area contributed by atoms with Crippen molar-refractivity contribution in [3.8, 4) is 0 Å². The second-order valence-electron chi connectivity index (χ2n) is 7.10. The van der Waals surface area contributed by atoms with Gasteiger partial charge in [0.15, 0.2) is 9.84 Å². The van der Waals surface area contributed by atoms with Crippen molar-refractivity contribution in [1.29, 1.82) is 0 Å². The quantitative estimate of drug-likeness (QED) is 0.554. The highest BCUT2D eigenvalue weighted by Gasteiger charge is 2.33. The van der Waals surface area contributed by atoms with Crippen LogP contribution in [-0.4, -0.2) is 74.6 Å². The summed E-state index contributed by atoms with van der Waals surface area (Å²) in [5.41, 5.74) is 0.918. The Balaban J connectivity index is 1.60. The van der Waals surface area contributed by atoms with Gasteiger partial charge in [-0.1, -0.05) is 12.1 Å². The lowest BCUT2D eigenvalue weighted by atomic mass is 10.2. The van der Waals surface area contributed by atoms with Gasteiger partial charge in [0.05, 0.1) is 17.9 Å². The van der Waals surface area contributed by atoms with Crippen LogP contribution in [0.2, 0.25) is 0 Å². The molecule has 0 fully saturated rings. The van der Waals surface area contributed by atoms with Crippen molar-refractivity contribution < 1.29 is 32.3 Å². The molecule has 0 radical (unpaired) electrons. The fourth-order valence-electron chi connectivity index (χ4n) is 3.10. The van der Waals surface area contributed by atoms with E-state index in [0.717, 1.165) is 11.8 Å². The molecule has 2 aliphatic rings. The van der Waals surface area contributed by atoms with E-state index in [1.54, 1.807) is 19.1 Å². The first kappa shape index (κ1) is 23.3. The third-order valence-corrected chi connectivity index (χ3v) is 5.86. The Morgan fingerprint density at radius 1 is 1.22 bits per heavy atom. The van der Waals surface area contributed by atoms with Crippen LogP contribution in [0.1, 0.15) is 18.9 Å². The summed E-state index contributed by atoms with van der Waals surface area (Å²) in [6, 6.07) is 5.72. The molecule has 1 aromatic rings. The first-order chi connectivity index (χ1) is 15.2. The van der Waals surface area contributed by atoms with Crippen molar-refractivity contribution in [2.24, 2.45) is 4.99 Å². The second-order valence-corrected chi connectivity index (χ2v) is 9.11. The summed E-state index contributed by atoms with van der Waals surface area (Å²) >= 11 is 0. The van der Waals surface area contributed by atoms with E-state index in [2.05, 4.69) is 10.3 Å². The first-order valence-electron chi connectivity index (χ1n) is 9.94. The van der Waals surface area contributed by atoms with Crippen LogP contribution in [0.25, 0.3) is 0 Å². The fourth-order valence-corrected chi connectivity index (χ4v) is 3.73. The van der Waals surface area contributed by atoms with Gasteiger partial charge in [-0.15, -0.1) is 4.99 Å². The molecule has 172 valence electrons. The Morgan fingerprint density at radius 2 is 1.94 bits per heavy atom. The smallest absolute Gasteiger partial charge is 0.348 e. The van der Waals surface area contributed by atoms with Gasteiger partial charge in [-0.3, -0.25) is 14.5 Å². The predicted molar refractivity (Wildman–Crippen MR) is 113 cm³/mol. The molecule has 0 aromatic heterocycles. The number of urea groups is 1. The third-order valence-electron chi connectivity index (χ3n) is 4.73. The number of rotatable bonds is 8. The predicted octanol–water partition coefficient (Wildman–Crippen LogP) is 0.625. The van der Waals surface area contributed by atoms with Gasteiger partial charge in [0.2, 0.25) is 0 Å². The second kappa shape index (κ2) is 9.81. The number of amides is 3. The first-order valence-corrected chi connectivity index (χ1v) is 11.8. The van der Waals surface area contributed by atoms with Crippen LogP contribution in [-0.2, 0) is 35.4 Å². The minimum Gasteiger partial charge on any atom is -0.466 e. The summed E-state index contributed by atoms with van der Waals surface area (Å²) in [6.45, 7) is 2.82. The van der Waals surface area contributed by atoms with Crippen LogP contribution in [0.15, 0.2) is 46.1 Å². The molecule has 3 rings (SSSR count). The molecule has 0 unspecified atom stereocenters. The number of hydrogen-bond donors (Lipinski definition) is 1. The average Bonchev–Trinajstić information content (AvgIpc) is 3.06. The minimum atomic E-state index is -3.30. The van der Waals surface area contributed by atoms with E-state index in [1.165, 1.54) is 28.2 Å². The number of amidine groups is 1. The number of hydrogen-bond acceptors (Lipinski definition) is 8. The Bertz CT molecular complexity index is 1060. The zero-order valence-corrected chi connectivity index (χ0v) is 18.6. The Kier molecular flexibility index (Phi) is 7.13. The van der Waals surface area contributed by atoms with Crippen molar-refractivity contribution in [1.82, 2.24) is 15.1 Å². The largest absolute Gasteiger partial charge is 0.466 e. The standard InChI is InChI=1S/C20H24N4O7S/c1-3-30-17(25)8-9-21-18(26)16-13-31-20-22-19(27)23(10-11-24(16)20)12-14-4-6-15(7-5-14)32(2,28)29/h4-7,13H,3,8-12H2,1-2H3,(H,21,26). The molecule has 2 heterocycles. The van der Waals surface area contributed by atoms with Crippen LogP contribution in [0, 0.1) is 0 Å². The van der Waals surface area contributed by atoms with E-state index in [9.17, 15) is 22.8 Å². The van der Waals surface area contributed by atoms with Crippen molar-refractivity contribution in [3.05, 3.63) is 41.8 Å². The van der Waals surface area contributed by atoms with Crippen LogP contribution in [0.5, 0.6) is 0 Å². The monoisotopic (exact) mass is 464 g/mol. The van der Waals surface area contributed by atoms with Crippen molar-refractivity contribution >= 4 is 33.8 Å². The van der Waals surface area contributed by atoms with Crippen molar-refractivity contribution in [2.75, 3.05) is 32.5 Å². The maximum absolute atomic E-state index is 12.5. The van der Waals surface area contributed by atoms with Crippen molar-refractivity contribution in [3.63, 3.8) is 0 Å². The summed E-state index contributed by atoms with van der Waals surface area (Å²) in [5, 5.41) is 2.61. The molecule has 32 heavy (non-hydrogen) atoms. The van der Waals surface area contributed by atoms with E-state index in [0.29, 0.717) is 0 Å². The van der Waals surface area contributed by atoms with E-state index in [1.807, 2.05) is 0 Å². The summed E-state index contributed by atoms with van der Waals surface area (Å²) in [7, 11) is -3.30. The molecule has 12 heteroatoms. The lowest BCUT2D eigenvalue weighted by molar-refractivity contribution is -0.143. The molecular formula is C20H24N4O7S. The Hall–Kier alpha value is -3.41. The topological polar surface area (TPSA) is 135 Å². The van der Waals surface area contributed by atoms with E-state index >= 15 is 0 Å². The average molecular weight is 465 g/mol. The minimum absolute atomic E-state index is 0.000432. The zero-order valence-electron chi connectivity index (χ0n) is 17.7. The number of carbonyl (C=O) groups excluding carboxylic acids is 3. The number of ether oxygens (including phenoxy) is 2. The van der Waals surface area contributed by atoms with Gasteiger partial charge in [-0.25, -0.2) is 13.2 Å². The van der Waals surface area contributed by atoms with Crippen LogP contribution in [0.4, 0.5) is 4.79 Å². The van der Waals surface area contributed by atoms with Gasteiger partial charge in [-0.2, -0.15) is 0 Å². The van der Waals surface area contributed by atoms with Gasteiger partial charge in [-0.05, 0) is 24.6 Å². The molecular weight excluding hydrogens is 440 g/mol. The number of fused-ring (bicyclic) bond motifs is 1. The highest BCUT2D eigenvalue weighted by molar-refractivity contribution is 7.90. The summed E-state index contributed by atoms with van der Waals surface area (Å²) in [6.07, 6.45) is 2.38. The molecule has 0 aliphatic carbocycles. The highest BCUT2D eigenvalue weighted by Crippen LogP contribution is 2.20. The normalized spacial score (nSPS) is 15.9. The Labute approximate surface area is 185 Å². The lowest BCUT2D eigenvalue weighted by Gasteiger charge is -2.21. The van der Waals surface area contributed by atoms with E-state index in [4.69, 9.17) is 9.47 Å². The summed E-state index contributed by atoms with van der Waals surface area (Å²) in [4.78, 5) is 43.5. The molecule has 11 nitrogen and oxygen atoms in total. The molecule has 2 aliphatic heterocycles. The van der Waals surface area contributed by atoms with Gasteiger partial charge in [0.1, 0.15) is 12.0 Å². The molecule has 1 aromatic carbocycles. The van der Waals surface area contributed by atoms with Gasteiger partial charge >= 0.3 is 18.0 Å². The van der Waals surface area contributed by atoms with Crippen LogP contribution in [0.3, 0.4) is 0 Å². The number of benzene rings is 1. The molecule has 0 saturated carbocycles. The molecule has 1 N–H and O–H groups in total. The molecule has 0 saturated heterocycles. The summed E-state index contributed by atoms with van der Waals surface area (Å²) < 4.78 is 33.3. The van der Waals surface area contributed by atoms with Gasteiger partial charge in [0.25, 0.3) is 5.91 Å². The SMILES string of the molecule is CCOC(=O)CCNC(=O)C1=COC2=NC(=O)N(Cc3ccc(S(C)(=O)=O)cc3)CCN12. The highest BCUT2D eigenvalue weighted by atomic mass is 32.2. The van der Waals surface area contributed by atoms with Gasteiger partial charge < -0.3 is 19.7 Å². The maximum atomic E-state index is 12.5. The molecule has 0 bridgehead atoms. The Morgan fingerprint density at radius 3 is 2.59 bits per heavy atom. The maximum Gasteiger partial charge on any atom is 0.348 e. The molecule has 3 amide bonds. The number of carbonyl (C=O) groups is 3. The van der Waals surface area contributed by atoms with Crippen LogP contribution >= 0.6 is 0 Å². The number of nitrogens with zero attached hydrogens (tertiary/aromatic N) is 3. The van der Waals surface area contributed by atoms with Gasteiger partial charge in [0, 0.05) is 32.4 Å². The third kappa shape index (κ3) is 5.63. The van der Waals surface area contributed by atoms with Crippen LogP contribution < -0.4 is 5.32 Å². The lowest BCUT2D eigenvalue weighted by Crippen LogP contribution is -2.38. The van der Waals surface area contributed by atoms with Crippen molar-refractivity contribution in [2.45, 2.75) is 24.8 Å². The van der Waals surface area contributed by atoms with E-state index in [-0.39, 0.29) is 55.8 Å². The number of esters is 1. The number of nitrogens with one attached hydrogen (secondary N) is 1. The fraction of sp³-hybridized carbons (Fsp3) is 0.400. The number of sulfone groups is 1. The molecule has 0 atom stereocenters. The zero-order chi connectivity index (χ0) is 23.3.